The Balaban J connectivity index is 1.61. The minimum absolute atomic E-state index is 0.00382. The van der Waals surface area contributed by atoms with E-state index in [9.17, 15) is 4.79 Å². The number of fused-ring (bicyclic) bond motifs is 1. The van der Waals surface area contributed by atoms with Gasteiger partial charge >= 0.3 is 0 Å². The lowest BCUT2D eigenvalue weighted by molar-refractivity contribution is 0.0968. The number of benzene rings is 1. The monoisotopic (exact) mass is 476 g/mol. The van der Waals surface area contributed by atoms with Gasteiger partial charge in [0.25, 0.3) is 5.91 Å². The summed E-state index contributed by atoms with van der Waals surface area (Å²) in [5.41, 5.74) is 2.97. The number of rotatable bonds is 5. The lowest BCUT2D eigenvalue weighted by atomic mass is 10.0. The molecule has 1 saturated heterocycles. The zero-order valence-electron chi connectivity index (χ0n) is 19.1. The van der Waals surface area contributed by atoms with E-state index in [4.69, 9.17) is 0 Å². The van der Waals surface area contributed by atoms with E-state index in [0.29, 0.717) is 23.6 Å². The van der Waals surface area contributed by atoms with Crippen molar-refractivity contribution in [2.24, 2.45) is 7.05 Å². The fraction of sp³-hybridized carbons (Fsp3) is 0.280. The molecule has 0 aliphatic carbocycles. The fourth-order valence-electron chi connectivity index (χ4n) is 4.41. The van der Waals surface area contributed by atoms with Crippen molar-refractivity contribution in [3.63, 3.8) is 0 Å². The number of pyridine rings is 1. The number of carbonyl (C=O) groups excluding carboxylic acids is 1. The number of nitrogens with one attached hydrogen (secondary N) is 1. The summed E-state index contributed by atoms with van der Waals surface area (Å²) in [7, 11) is 1.75. The number of allylic oxidation sites excluding steroid dienone is 1. The van der Waals surface area contributed by atoms with Crippen molar-refractivity contribution in [3.8, 4) is 11.3 Å². The van der Waals surface area contributed by atoms with Crippen molar-refractivity contribution in [3.05, 3.63) is 65.6 Å². The topological polar surface area (TPSA) is 75.9 Å². The van der Waals surface area contributed by atoms with Crippen LogP contribution in [0.5, 0.6) is 0 Å². The molecule has 1 aromatic carbocycles. The van der Waals surface area contributed by atoms with Gasteiger partial charge < -0.3 is 5.32 Å². The summed E-state index contributed by atoms with van der Waals surface area (Å²) in [6.07, 6.45) is 5.15. The molecule has 1 aliphatic heterocycles. The third-order valence-corrected chi connectivity index (χ3v) is 7.05. The number of thiophene rings is 1. The van der Waals surface area contributed by atoms with Crippen molar-refractivity contribution >= 4 is 38.7 Å². The van der Waals surface area contributed by atoms with Crippen LogP contribution in [0.2, 0.25) is 0 Å². The van der Waals surface area contributed by atoms with Gasteiger partial charge in [-0.25, -0.2) is 9.37 Å². The van der Waals surface area contributed by atoms with Crippen molar-refractivity contribution in [2.75, 3.05) is 18.0 Å². The summed E-state index contributed by atoms with van der Waals surface area (Å²) in [5, 5.41) is 14.2. The summed E-state index contributed by atoms with van der Waals surface area (Å²) in [4.78, 5) is 20.2. The first kappa shape index (κ1) is 22.4. The number of halogens is 1. The molecular formula is C25H25FN6OS. The molecule has 34 heavy (non-hydrogen) atoms. The zero-order valence-corrected chi connectivity index (χ0v) is 19.9. The van der Waals surface area contributed by atoms with Gasteiger partial charge in [-0.05, 0) is 61.0 Å². The largest absolute Gasteiger partial charge is 0.315 e. The number of hydrogen-bond acceptors (Lipinski definition) is 6. The highest BCUT2D eigenvalue weighted by Crippen LogP contribution is 2.38. The second-order valence-electron chi connectivity index (χ2n) is 8.58. The van der Waals surface area contributed by atoms with Crippen LogP contribution in [-0.2, 0) is 7.05 Å². The number of anilines is 1. The van der Waals surface area contributed by atoms with E-state index >= 15 is 4.39 Å². The van der Waals surface area contributed by atoms with Crippen LogP contribution in [0.1, 0.15) is 35.7 Å². The number of hydrogen-bond donors (Lipinski definition) is 1. The maximum Gasteiger partial charge on any atom is 0.262 e. The van der Waals surface area contributed by atoms with Crippen LogP contribution < -0.4 is 10.2 Å². The number of aromatic nitrogens is 4. The third kappa shape index (κ3) is 4.01. The van der Waals surface area contributed by atoms with Gasteiger partial charge in [0.05, 0.1) is 17.8 Å². The number of nitrogens with zero attached hydrogens (tertiary/aromatic N) is 5. The first-order valence-corrected chi connectivity index (χ1v) is 12.0. The predicted molar refractivity (Wildman–Crippen MR) is 133 cm³/mol. The zero-order chi connectivity index (χ0) is 23.8. The van der Waals surface area contributed by atoms with Gasteiger partial charge in [0.1, 0.15) is 17.3 Å². The summed E-state index contributed by atoms with van der Waals surface area (Å²) in [6, 6.07) is 6.37. The summed E-state index contributed by atoms with van der Waals surface area (Å²) in [5.74, 6) is -0.455. The molecule has 174 valence electrons. The Labute approximate surface area is 200 Å². The molecule has 3 aromatic heterocycles. The van der Waals surface area contributed by atoms with Gasteiger partial charge in [-0.2, -0.15) is 0 Å². The van der Waals surface area contributed by atoms with Crippen LogP contribution in [0.3, 0.4) is 0 Å². The van der Waals surface area contributed by atoms with Crippen molar-refractivity contribution in [1.82, 2.24) is 25.3 Å². The molecule has 4 aromatic rings. The SMILES string of the molecule is C=C(C)c1csc2ccnc(N(C(=O)c3ccc(-c4cn(C)nn4)cc3F)[C@@H]3CCCNC3)c12. The molecule has 1 atom stereocenters. The van der Waals surface area contributed by atoms with E-state index < -0.39 is 11.7 Å². The Hall–Kier alpha value is -3.43. The summed E-state index contributed by atoms with van der Waals surface area (Å²) in [6.45, 7) is 7.57. The van der Waals surface area contributed by atoms with Crippen LogP contribution in [0.4, 0.5) is 10.2 Å². The number of carbonyl (C=O) groups is 1. The molecule has 1 aliphatic rings. The van der Waals surface area contributed by atoms with Crippen molar-refractivity contribution in [2.45, 2.75) is 25.8 Å². The van der Waals surface area contributed by atoms with Crippen LogP contribution in [0.15, 0.2) is 48.6 Å². The Morgan fingerprint density at radius 3 is 2.85 bits per heavy atom. The Bertz CT molecular complexity index is 1390. The first-order valence-electron chi connectivity index (χ1n) is 11.2. The molecule has 0 unspecified atom stereocenters. The Morgan fingerprint density at radius 2 is 2.18 bits per heavy atom. The van der Waals surface area contributed by atoms with E-state index in [1.165, 1.54) is 12.1 Å². The first-order chi connectivity index (χ1) is 16.4. The molecule has 1 amide bonds. The third-order valence-electron chi connectivity index (χ3n) is 6.11. The summed E-state index contributed by atoms with van der Waals surface area (Å²) >= 11 is 1.59. The molecule has 9 heteroatoms. The molecule has 0 bridgehead atoms. The van der Waals surface area contributed by atoms with Gasteiger partial charge in [0, 0.05) is 35.4 Å². The Morgan fingerprint density at radius 1 is 1.32 bits per heavy atom. The molecule has 0 spiro atoms. The van der Waals surface area contributed by atoms with E-state index in [2.05, 4.69) is 27.2 Å². The lowest BCUT2D eigenvalue weighted by Gasteiger charge is -2.34. The van der Waals surface area contributed by atoms with E-state index in [1.54, 1.807) is 46.4 Å². The maximum absolute atomic E-state index is 15.3. The number of piperidine rings is 1. The van der Waals surface area contributed by atoms with E-state index in [-0.39, 0.29) is 11.6 Å². The normalized spacial score (nSPS) is 16.0. The second kappa shape index (κ2) is 9.08. The standard InChI is InChI=1S/C25H25FN6OS/c1-15(2)19-14-34-22-8-10-28-24(23(19)22)32(17-5-4-9-27-12-17)25(33)18-7-6-16(11-20(18)26)21-13-31(3)30-29-21/h6-8,10-11,13-14,17,27H,1,4-5,9,12H2,2-3H3/t17-/m1/s1. The van der Waals surface area contributed by atoms with Gasteiger partial charge in [-0.15, -0.1) is 16.4 Å². The minimum atomic E-state index is -0.598. The van der Waals surface area contributed by atoms with Crippen molar-refractivity contribution < 1.29 is 9.18 Å². The maximum atomic E-state index is 15.3. The highest BCUT2D eigenvalue weighted by Gasteiger charge is 2.32. The molecule has 1 fully saturated rings. The average molecular weight is 477 g/mol. The van der Waals surface area contributed by atoms with Gasteiger partial charge in [-0.3, -0.25) is 14.4 Å². The molecule has 0 radical (unpaired) electrons. The average Bonchev–Trinajstić information content (AvgIpc) is 3.47. The molecule has 7 nitrogen and oxygen atoms in total. The van der Waals surface area contributed by atoms with Gasteiger partial charge in [0.2, 0.25) is 0 Å². The number of amides is 1. The molecular weight excluding hydrogens is 451 g/mol. The highest BCUT2D eigenvalue weighted by molar-refractivity contribution is 7.17. The minimum Gasteiger partial charge on any atom is -0.315 e. The number of aryl methyl sites for hydroxylation is 1. The lowest BCUT2D eigenvalue weighted by Crippen LogP contribution is -2.49. The molecule has 0 saturated carbocycles. The van der Waals surface area contributed by atoms with Crippen LogP contribution >= 0.6 is 11.3 Å². The Kier molecular flexibility index (Phi) is 5.97. The van der Waals surface area contributed by atoms with Crippen LogP contribution in [0.25, 0.3) is 26.9 Å². The van der Waals surface area contributed by atoms with E-state index in [0.717, 1.165) is 40.6 Å². The quantitative estimate of drug-likeness (QED) is 0.453. The van der Waals surface area contributed by atoms with Gasteiger partial charge in [0.15, 0.2) is 0 Å². The molecule has 5 rings (SSSR count). The predicted octanol–water partition coefficient (Wildman–Crippen LogP) is 4.66. The summed E-state index contributed by atoms with van der Waals surface area (Å²) < 4.78 is 17.9. The van der Waals surface area contributed by atoms with Gasteiger partial charge in [-0.1, -0.05) is 17.9 Å². The second-order valence-corrected chi connectivity index (χ2v) is 9.50. The smallest absolute Gasteiger partial charge is 0.262 e. The highest BCUT2D eigenvalue weighted by atomic mass is 32.1. The van der Waals surface area contributed by atoms with E-state index in [1.807, 2.05) is 18.4 Å². The molecule has 1 N–H and O–H groups in total. The van der Waals surface area contributed by atoms with Crippen LogP contribution in [0, 0.1) is 5.82 Å². The van der Waals surface area contributed by atoms with Crippen LogP contribution in [-0.4, -0.2) is 45.0 Å². The molecule has 4 heterocycles. The fourth-order valence-corrected chi connectivity index (χ4v) is 5.43. The van der Waals surface area contributed by atoms with Crippen molar-refractivity contribution in [1.29, 1.82) is 0 Å².